The molecule has 1 saturated carbocycles. The van der Waals surface area contributed by atoms with Gasteiger partial charge in [-0.05, 0) is 68.4 Å². The first kappa shape index (κ1) is 43.7. The number of benzene rings is 3. The molecule has 2 aromatic heterocycles. The maximum Gasteiger partial charge on any atom is 0.323 e. The zero-order valence-corrected chi connectivity index (χ0v) is 35.3. The lowest BCUT2D eigenvalue weighted by Crippen LogP contribution is -2.50. The van der Waals surface area contributed by atoms with E-state index in [9.17, 15) is 19.6 Å². The van der Waals surface area contributed by atoms with E-state index in [0.717, 1.165) is 55.5 Å². The van der Waals surface area contributed by atoms with Gasteiger partial charge in [0.15, 0.2) is 23.5 Å². The van der Waals surface area contributed by atoms with Gasteiger partial charge in [-0.15, -0.1) is 6.42 Å². The van der Waals surface area contributed by atoms with Crippen molar-refractivity contribution in [1.29, 1.82) is 0 Å². The van der Waals surface area contributed by atoms with Crippen LogP contribution in [0.4, 0.5) is 10.3 Å². The number of esters is 1. The Bertz CT molecular complexity index is 2360. The number of ether oxygens (including phenoxy) is 4. The second kappa shape index (κ2) is 17.9. The third kappa shape index (κ3) is 8.72. The average Bonchev–Trinajstić information content (AvgIpc) is 3.79. The first-order valence-corrected chi connectivity index (χ1v) is 22.2. The highest BCUT2D eigenvalue weighted by Gasteiger charge is 2.65. The first-order chi connectivity index (χ1) is 29.3. The zero-order valence-electron chi connectivity index (χ0n) is 34.4. The van der Waals surface area contributed by atoms with E-state index < -0.39 is 55.5 Å². The number of alkyl halides is 1. The Kier molecular flexibility index (Phi) is 12.8. The molecule has 7 rings (SSSR count). The van der Waals surface area contributed by atoms with Crippen LogP contribution in [0.1, 0.15) is 68.9 Å². The maximum absolute atomic E-state index is 16.9. The van der Waals surface area contributed by atoms with E-state index >= 15 is 4.39 Å². The van der Waals surface area contributed by atoms with E-state index in [-0.39, 0.29) is 35.7 Å². The van der Waals surface area contributed by atoms with Crippen molar-refractivity contribution in [3.8, 4) is 24.0 Å². The molecule has 5 aromatic rings. The fourth-order valence-electron chi connectivity index (χ4n) is 7.89. The van der Waals surface area contributed by atoms with Crippen LogP contribution < -0.4 is 19.9 Å². The number of methoxy groups -OCH3 is 1. The number of carbonyl (C=O) groups excluding carboxylic acids is 1. The monoisotopic (exact) mass is 856 g/mol. The SMILES string of the molecule is C#C[C@]1(O)[C@H](n2cnc3c(OCC)nc(NC(c4ccccc4)(c4ccccc4)c4ccc(OC)cc4)nc32)O[C@](F)(CO[P@@](C)(=O)N[C@@H](C)C(=O)OC2CCCCC2)[C@H]1O. The molecule has 3 aromatic carbocycles. The topological polar surface area (TPSA) is 188 Å². The number of hydrogen-bond donors (Lipinski definition) is 4. The second-order valence-electron chi connectivity index (χ2n) is 15.2. The minimum atomic E-state index is -3.96. The fourth-order valence-corrected chi connectivity index (χ4v) is 9.20. The molecule has 15 nitrogen and oxygen atoms in total. The van der Waals surface area contributed by atoms with Crippen molar-refractivity contribution in [2.75, 3.05) is 32.3 Å². The number of carbonyl (C=O) groups is 1. The summed E-state index contributed by atoms with van der Waals surface area (Å²) in [5.41, 5.74) is -1.31. The molecule has 0 unspecified atom stereocenters. The molecule has 6 atom stereocenters. The van der Waals surface area contributed by atoms with Gasteiger partial charge in [-0.1, -0.05) is 85.1 Å². The van der Waals surface area contributed by atoms with Crippen molar-refractivity contribution >= 4 is 30.6 Å². The van der Waals surface area contributed by atoms with Gasteiger partial charge in [0, 0.05) is 6.66 Å². The Morgan fingerprint density at radius 1 is 1.05 bits per heavy atom. The molecule has 0 amide bonds. The minimum absolute atomic E-state index is 0.00474. The minimum Gasteiger partial charge on any atom is -0.497 e. The normalized spacial score (nSPS) is 23.4. The van der Waals surface area contributed by atoms with Gasteiger partial charge >= 0.3 is 5.97 Å². The summed E-state index contributed by atoms with van der Waals surface area (Å²) in [6.07, 6.45) is 6.94. The number of aromatic nitrogens is 4. The third-order valence-corrected chi connectivity index (χ3v) is 12.5. The summed E-state index contributed by atoms with van der Waals surface area (Å²) in [4.78, 5) is 26.8. The lowest BCUT2D eigenvalue weighted by atomic mass is 9.77. The fraction of sp³-hybridized carbons (Fsp3) is 0.409. The predicted molar refractivity (Wildman–Crippen MR) is 225 cm³/mol. The molecule has 2 fully saturated rings. The molecule has 1 saturated heterocycles. The van der Waals surface area contributed by atoms with Crippen LogP contribution in [-0.2, 0) is 28.9 Å². The van der Waals surface area contributed by atoms with Crippen LogP contribution in [0.5, 0.6) is 11.6 Å². The van der Waals surface area contributed by atoms with E-state index in [4.69, 9.17) is 39.9 Å². The zero-order chi connectivity index (χ0) is 43.4. The highest BCUT2D eigenvalue weighted by molar-refractivity contribution is 7.56. The Hall–Kier alpha value is -5.40. The number of anilines is 1. The lowest BCUT2D eigenvalue weighted by Gasteiger charge is -2.37. The largest absolute Gasteiger partial charge is 0.497 e. The number of terminal acetylenes is 1. The number of fused-ring (bicyclic) bond motifs is 1. The Balaban J connectivity index is 1.23. The molecule has 61 heavy (non-hydrogen) atoms. The predicted octanol–water partition coefficient (Wildman–Crippen LogP) is 6.25. The van der Waals surface area contributed by atoms with Gasteiger partial charge in [-0.3, -0.25) is 13.9 Å². The quantitative estimate of drug-likeness (QED) is 0.0377. The smallest absolute Gasteiger partial charge is 0.323 e. The van der Waals surface area contributed by atoms with Crippen LogP contribution in [0.3, 0.4) is 0 Å². The Labute approximate surface area is 353 Å². The molecule has 3 heterocycles. The summed E-state index contributed by atoms with van der Waals surface area (Å²) in [6.45, 7) is 3.39. The Morgan fingerprint density at radius 3 is 2.26 bits per heavy atom. The Morgan fingerprint density at radius 2 is 1.67 bits per heavy atom. The maximum atomic E-state index is 16.9. The number of nitrogens with one attached hydrogen (secondary N) is 2. The van der Waals surface area contributed by atoms with Crippen LogP contribution in [0.15, 0.2) is 91.3 Å². The van der Waals surface area contributed by atoms with Gasteiger partial charge < -0.3 is 39.0 Å². The van der Waals surface area contributed by atoms with Gasteiger partial charge in [0.1, 0.15) is 30.0 Å². The van der Waals surface area contributed by atoms with Crippen LogP contribution in [0.2, 0.25) is 0 Å². The van der Waals surface area contributed by atoms with Crippen LogP contribution in [0.25, 0.3) is 11.2 Å². The number of imidazole rings is 1. The lowest BCUT2D eigenvalue weighted by molar-refractivity contribution is -0.202. The molecular weight excluding hydrogens is 806 g/mol. The van der Waals surface area contributed by atoms with E-state index in [0.29, 0.717) is 5.75 Å². The van der Waals surface area contributed by atoms with Gasteiger partial charge in [0.05, 0.1) is 20.0 Å². The summed E-state index contributed by atoms with van der Waals surface area (Å²) in [6, 6.07) is 25.8. The van der Waals surface area contributed by atoms with E-state index in [1.807, 2.05) is 84.9 Å². The van der Waals surface area contributed by atoms with Gasteiger partial charge in [0.25, 0.3) is 13.4 Å². The molecule has 2 aliphatic rings. The molecular formula is C44H50FN6O9P. The number of hydrogen-bond acceptors (Lipinski definition) is 13. The van der Waals surface area contributed by atoms with Crippen LogP contribution in [-0.4, -0.2) is 92.4 Å². The number of rotatable bonds is 16. The van der Waals surface area contributed by atoms with Crippen molar-refractivity contribution in [2.24, 2.45) is 0 Å². The molecule has 4 N–H and O–H groups in total. The van der Waals surface area contributed by atoms with E-state index in [1.54, 1.807) is 14.0 Å². The summed E-state index contributed by atoms with van der Waals surface area (Å²) in [5, 5.41) is 29.3. The first-order valence-electron chi connectivity index (χ1n) is 20.1. The molecule has 0 spiro atoms. The summed E-state index contributed by atoms with van der Waals surface area (Å²) < 4.78 is 59.8. The van der Waals surface area contributed by atoms with Crippen molar-refractivity contribution in [3.63, 3.8) is 0 Å². The summed E-state index contributed by atoms with van der Waals surface area (Å²) in [5.74, 6) is -1.03. The second-order valence-corrected chi connectivity index (χ2v) is 17.4. The van der Waals surface area contributed by atoms with Crippen LogP contribution in [0, 0.1) is 12.3 Å². The molecule has 1 aliphatic carbocycles. The molecule has 1 aliphatic heterocycles. The highest BCUT2D eigenvalue weighted by Crippen LogP contribution is 2.49. The molecule has 0 bridgehead atoms. The number of aliphatic hydroxyl groups excluding tert-OH is 1. The standard InChI is InChI=1S/C44H50FN6O9P/c1-6-42(54)39(53)43(45,27-58-61(5,55)50-29(3)38(52)59-34-21-15-10-16-22-34)60-40(42)51-28-46-35-36(51)47-41(48-37(35)57-7-2)49-44(30-17-11-8-12-18-30,31-19-13-9-14-20-31)32-23-25-33(56-4)26-24-32/h1,8-9,11-14,17-20,23-26,28-29,34,39-40,53-54H,7,10,15-16,21-22,27H2,2-5H3,(H,50,55)(H,47,48,49)/t29-,39-,40+,42+,43+,61+/m0/s1. The third-order valence-electron chi connectivity index (χ3n) is 11.0. The van der Waals surface area contributed by atoms with Gasteiger partial charge in [-0.25, -0.2) is 14.5 Å². The average molecular weight is 857 g/mol. The summed E-state index contributed by atoms with van der Waals surface area (Å²) >= 11 is 0. The molecule has 17 heteroatoms. The van der Waals surface area contributed by atoms with Gasteiger partial charge in [-0.2, -0.15) is 9.97 Å². The van der Waals surface area contributed by atoms with Crippen LogP contribution >= 0.6 is 7.52 Å². The van der Waals surface area contributed by atoms with E-state index in [2.05, 4.69) is 21.3 Å². The van der Waals surface area contributed by atoms with Crippen molar-refractivity contribution in [2.45, 2.75) is 87.4 Å². The molecule has 0 radical (unpaired) electrons. The van der Waals surface area contributed by atoms with Crippen molar-refractivity contribution in [1.82, 2.24) is 24.6 Å². The number of nitrogens with zero attached hydrogens (tertiary/aromatic N) is 4. The van der Waals surface area contributed by atoms with Crippen molar-refractivity contribution < 1.29 is 47.4 Å². The van der Waals surface area contributed by atoms with E-state index in [1.165, 1.54) is 17.8 Å². The number of halogens is 1. The molecule has 322 valence electrons. The van der Waals surface area contributed by atoms with Crippen molar-refractivity contribution in [3.05, 3.63) is 108 Å². The number of aliphatic hydroxyl groups is 2. The summed E-state index contributed by atoms with van der Waals surface area (Å²) in [7, 11) is -2.37. The van der Waals surface area contributed by atoms with Gasteiger partial charge in [0.2, 0.25) is 17.4 Å². The highest BCUT2D eigenvalue weighted by atomic mass is 31.2.